The fourth-order valence-electron chi connectivity index (χ4n) is 3.68. The van der Waals surface area contributed by atoms with Crippen molar-refractivity contribution in [1.29, 1.82) is 0 Å². The summed E-state index contributed by atoms with van der Waals surface area (Å²) in [6, 6.07) is 8.48. The molecule has 4 rings (SSSR count). The molecule has 2 aliphatic heterocycles. The summed E-state index contributed by atoms with van der Waals surface area (Å²) in [7, 11) is 0. The topological polar surface area (TPSA) is 52.2 Å². The Labute approximate surface area is 136 Å². The fraction of sp³-hybridized carbons (Fsp3) is 0.444. The van der Waals surface area contributed by atoms with E-state index in [2.05, 4.69) is 39.4 Å². The van der Waals surface area contributed by atoms with E-state index >= 15 is 0 Å². The Morgan fingerprint density at radius 2 is 1.96 bits per heavy atom. The second-order valence-electron chi connectivity index (χ2n) is 6.55. The number of hydrogen-bond acceptors (Lipinski definition) is 3. The molecule has 0 radical (unpaired) electrons. The Kier molecular flexibility index (Phi) is 3.65. The SMILES string of the molecule is C[C@H](C(=O)N1CCc2[nH]ncc2C1)N1CCc2ccccc2C1. The molecule has 0 spiro atoms. The Balaban J connectivity index is 1.45. The molecule has 1 amide bonds. The molecular weight excluding hydrogens is 288 g/mol. The molecule has 3 heterocycles. The summed E-state index contributed by atoms with van der Waals surface area (Å²) in [5, 5.41) is 7.11. The number of carbonyl (C=O) groups is 1. The van der Waals surface area contributed by atoms with Gasteiger partial charge in [0.05, 0.1) is 12.2 Å². The van der Waals surface area contributed by atoms with Crippen molar-refractivity contribution in [3.63, 3.8) is 0 Å². The second-order valence-corrected chi connectivity index (χ2v) is 6.55. The third-order valence-corrected chi connectivity index (χ3v) is 5.18. The minimum Gasteiger partial charge on any atom is -0.336 e. The van der Waals surface area contributed by atoms with Crippen LogP contribution in [0.3, 0.4) is 0 Å². The lowest BCUT2D eigenvalue weighted by molar-refractivity contribution is -0.137. The van der Waals surface area contributed by atoms with Crippen molar-refractivity contribution < 1.29 is 4.79 Å². The lowest BCUT2D eigenvalue weighted by atomic mass is 9.98. The third-order valence-electron chi connectivity index (χ3n) is 5.18. The van der Waals surface area contributed by atoms with E-state index in [1.807, 2.05) is 18.0 Å². The predicted molar refractivity (Wildman–Crippen MR) is 87.7 cm³/mol. The molecule has 0 unspecified atom stereocenters. The Bertz CT molecular complexity index is 723. The van der Waals surface area contributed by atoms with Gasteiger partial charge in [0, 0.05) is 43.9 Å². The van der Waals surface area contributed by atoms with E-state index in [0.29, 0.717) is 6.54 Å². The average Bonchev–Trinajstić information content (AvgIpc) is 3.07. The minimum atomic E-state index is -0.0724. The van der Waals surface area contributed by atoms with E-state index in [4.69, 9.17) is 0 Å². The maximum absolute atomic E-state index is 12.9. The zero-order valence-electron chi connectivity index (χ0n) is 13.5. The average molecular weight is 310 g/mol. The van der Waals surface area contributed by atoms with Crippen molar-refractivity contribution in [2.24, 2.45) is 0 Å². The Morgan fingerprint density at radius 1 is 1.13 bits per heavy atom. The van der Waals surface area contributed by atoms with Crippen molar-refractivity contribution in [2.45, 2.75) is 38.9 Å². The van der Waals surface area contributed by atoms with Crippen molar-refractivity contribution in [1.82, 2.24) is 20.0 Å². The molecule has 2 aliphatic rings. The lowest BCUT2D eigenvalue weighted by Crippen LogP contribution is -2.49. The zero-order valence-corrected chi connectivity index (χ0v) is 13.5. The van der Waals surface area contributed by atoms with Crippen molar-refractivity contribution in [2.75, 3.05) is 13.1 Å². The highest BCUT2D eigenvalue weighted by Crippen LogP contribution is 2.22. The summed E-state index contributed by atoms with van der Waals surface area (Å²) in [5.74, 6) is 0.233. The smallest absolute Gasteiger partial charge is 0.239 e. The zero-order chi connectivity index (χ0) is 15.8. The highest BCUT2D eigenvalue weighted by molar-refractivity contribution is 5.81. The number of hydrogen-bond donors (Lipinski definition) is 1. The van der Waals surface area contributed by atoms with Gasteiger partial charge >= 0.3 is 0 Å². The molecule has 5 heteroatoms. The van der Waals surface area contributed by atoms with Gasteiger partial charge in [-0.05, 0) is 24.5 Å². The summed E-state index contributed by atoms with van der Waals surface area (Å²) in [5.41, 5.74) is 5.10. The van der Waals surface area contributed by atoms with Crippen molar-refractivity contribution in [3.05, 3.63) is 52.8 Å². The van der Waals surface area contributed by atoms with Gasteiger partial charge in [-0.25, -0.2) is 0 Å². The van der Waals surface area contributed by atoms with E-state index in [-0.39, 0.29) is 11.9 Å². The van der Waals surface area contributed by atoms with Gasteiger partial charge in [0.15, 0.2) is 0 Å². The normalized spacial score (nSPS) is 19.1. The molecule has 0 fully saturated rings. The van der Waals surface area contributed by atoms with Crippen LogP contribution < -0.4 is 0 Å². The summed E-state index contributed by atoms with van der Waals surface area (Å²) in [6.07, 6.45) is 3.74. The van der Waals surface area contributed by atoms with Crippen LogP contribution in [0.1, 0.15) is 29.3 Å². The van der Waals surface area contributed by atoms with Crippen molar-refractivity contribution in [3.8, 4) is 0 Å². The van der Waals surface area contributed by atoms with E-state index in [1.54, 1.807) is 0 Å². The molecule has 1 N–H and O–H groups in total. The van der Waals surface area contributed by atoms with Crippen LogP contribution in [-0.2, 0) is 30.7 Å². The van der Waals surface area contributed by atoms with Crippen LogP contribution in [0.15, 0.2) is 30.5 Å². The van der Waals surface area contributed by atoms with E-state index in [1.165, 1.54) is 16.8 Å². The summed E-state index contributed by atoms with van der Waals surface area (Å²) in [4.78, 5) is 17.2. The number of fused-ring (bicyclic) bond motifs is 2. The van der Waals surface area contributed by atoms with Gasteiger partial charge in [-0.1, -0.05) is 24.3 Å². The quantitative estimate of drug-likeness (QED) is 0.919. The first-order chi connectivity index (χ1) is 11.2. The molecule has 23 heavy (non-hydrogen) atoms. The van der Waals surface area contributed by atoms with Gasteiger partial charge in [0.2, 0.25) is 5.91 Å². The summed E-state index contributed by atoms with van der Waals surface area (Å²) >= 11 is 0. The lowest BCUT2D eigenvalue weighted by Gasteiger charge is -2.36. The first kappa shape index (κ1) is 14.5. The van der Waals surface area contributed by atoms with Crippen LogP contribution in [0.25, 0.3) is 0 Å². The highest BCUT2D eigenvalue weighted by Gasteiger charge is 2.30. The number of aromatic nitrogens is 2. The van der Waals surface area contributed by atoms with Crippen LogP contribution in [0.2, 0.25) is 0 Å². The molecule has 5 nitrogen and oxygen atoms in total. The number of carbonyl (C=O) groups excluding carboxylic acids is 1. The first-order valence-electron chi connectivity index (χ1n) is 8.33. The Morgan fingerprint density at radius 3 is 2.83 bits per heavy atom. The van der Waals surface area contributed by atoms with Gasteiger partial charge in [0.1, 0.15) is 0 Å². The first-order valence-corrected chi connectivity index (χ1v) is 8.33. The molecule has 1 aromatic carbocycles. The van der Waals surface area contributed by atoms with Crippen LogP contribution >= 0.6 is 0 Å². The standard InChI is InChI=1S/C18H22N4O/c1-13(21-8-6-14-4-2-3-5-15(14)11-21)18(23)22-9-7-17-16(12-22)10-19-20-17/h2-5,10,13H,6-9,11-12H2,1H3,(H,19,20)/t13-/m1/s1. The highest BCUT2D eigenvalue weighted by atomic mass is 16.2. The Hall–Kier alpha value is -2.14. The molecular formula is C18H22N4O. The van der Waals surface area contributed by atoms with Crippen molar-refractivity contribution >= 4 is 5.91 Å². The van der Waals surface area contributed by atoms with Gasteiger partial charge in [-0.2, -0.15) is 5.10 Å². The predicted octanol–water partition coefficient (Wildman–Crippen LogP) is 1.74. The number of aromatic amines is 1. The van der Waals surface area contributed by atoms with Gasteiger partial charge in [-0.15, -0.1) is 0 Å². The number of benzene rings is 1. The van der Waals surface area contributed by atoms with E-state index in [9.17, 15) is 4.79 Å². The van der Waals surface area contributed by atoms with Gasteiger partial charge in [0.25, 0.3) is 0 Å². The monoisotopic (exact) mass is 310 g/mol. The third kappa shape index (κ3) is 2.65. The van der Waals surface area contributed by atoms with Crippen LogP contribution in [0.5, 0.6) is 0 Å². The van der Waals surface area contributed by atoms with E-state index in [0.717, 1.165) is 38.0 Å². The van der Waals surface area contributed by atoms with Crippen LogP contribution in [0, 0.1) is 0 Å². The van der Waals surface area contributed by atoms with Gasteiger partial charge in [-0.3, -0.25) is 14.8 Å². The molecule has 1 atom stereocenters. The van der Waals surface area contributed by atoms with Crippen LogP contribution in [-0.4, -0.2) is 45.0 Å². The molecule has 0 saturated carbocycles. The molecule has 0 aliphatic carbocycles. The second kappa shape index (κ2) is 5.81. The molecule has 2 aromatic rings. The van der Waals surface area contributed by atoms with Crippen LogP contribution in [0.4, 0.5) is 0 Å². The fourth-order valence-corrected chi connectivity index (χ4v) is 3.68. The number of amides is 1. The molecule has 0 saturated heterocycles. The van der Waals surface area contributed by atoms with E-state index < -0.39 is 0 Å². The molecule has 120 valence electrons. The molecule has 1 aromatic heterocycles. The number of nitrogens with zero attached hydrogens (tertiary/aromatic N) is 3. The molecule has 0 bridgehead atoms. The summed E-state index contributed by atoms with van der Waals surface area (Å²) < 4.78 is 0. The number of nitrogens with one attached hydrogen (secondary N) is 1. The minimum absolute atomic E-state index is 0.0724. The van der Waals surface area contributed by atoms with Gasteiger partial charge < -0.3 is 4.90 Å². The maximum atomic E-state index is 12.9. The number of H-pyrrole nitrogens is 1. The number of rotatable bonds is 2. The largest absolute Gasteiger partial charge is 0.336 e. The summed E-state index contributed by atoms with van der Waals surface area (Å²) in [6.45, 7) is 5.33. The maximum Gasteiger partial charge on any atom is 0.239 e.